The highest BCUT2D eigenvalue weighted by molar-refractivity contribution is 5.73. The fourth-order valence-corrected chi connectivity index (χ4v) is 8.31. The molecule has 0 saturated carbocycles. The van der Waals surface area contributed by atoms with Crippen LogP contribution in [-0.2, 0) is 33.3 Å². The summed E-state index contributed by atoms with van der Waals surface area (Å²) < 4.78 is 32.4. The molecule has 8 heteroatoms. The van der Waals surface area contributed by atoms with E-state index in [9.17, 15) is 9.59 Å². The number of unbranched alkanes of at least 4 members (excludes halogenated alkanes) is 2. The number of fused-ring (bicyclic) bond motifs is 4. The maximum atomic E-state index is 13.8. The number of nitrogens with zero attached hydrogens (tertiary/aromatic N) is 1. The van der Waals surface area contributed by atoms with Crippen molar-refractivity contribution in [1.82, 2.24) is 4.90 Å². The summed E-state index contributed by atoms with van der Waals surface area (Å²) in [4.78, 5) is 29.4. The van der Waals surface area contributed by atoms with Crippen LogP contribution in [-0.4, -0.2) is 85.8 Å². The van der Waals surface area contributed by atoms with Gasteiger partial charge in [-0.25, -0.2) is 0 Å². The lowest BCUT2D eigenvalue weighted by Crippen LogP contribution is -2.44. The normalized spacial score (nSPS) is 39.5. The Morgan fingerprint density at radius 2 is 1.42 bits per heavy atom. The Morgan fingerprint density at radius 1 is 0.756 bits per heavy atom. The molecule has 4 aliphatic heterocycles. The minimum Gasteiger partial charge on any atom is -0.462 e. The Morgan fingerprint density at radius 3 is 2.11 bits per heavy atom. The summed E-state index contributed by atoms with van der Waals surface area (Å²) in [6.07, 6.45) is 13.0. The van der Waals surface area contributed by atoms with Crippen molar-refractivity contribution < 1.29 is 33.3 Å². The lowest BCUT2D eigenvalue weighted by molar-refractivity contribution is -0.175. The highest BCUT2D eigenvalue weighted by Crippen LogP contribution is 2.39. The second kappa shape index (κ2) is 17.3. The van der Waals surface area contributed by atoms with Crippen molar-refractivity contribution in [3.05, 3.63) is 0 Å². The molecule has 260 valence electrons. The molecule has 4 rings (SSSR count). The fourth-order valence-electron chi connectivity index (χ4n) is 8.31. The molecule has 8 nitrogen and oxygen atoms in total. The van der Waals surface area contributed by atoms with Gasteiger partial charge in [0.15, 0.2) is 0 Å². The van der Waals surface area contributed by atoms with Crippen molar-refractivity contribution in [2.45, 2.75) is 186 Å². The average Bonchev–Trinajstić information content (AvgIpc) is 3.79. The first-order valence-corrected chi connectivity index (χ1v) is 18.6. The number of hydrogen-bond acceptors (Lipinski definition) is 8. The summed E-state index contributed by atoms with van der Waals surface area (Å²) in [6.45, 7) is 12.6. The fraction of sp³-hybridized carbons (Fsp3) is 0.946. The van der Waals surface area contributed by atoms with Gasteiger partial charge in [0.25, 0.3) is 0 Å². The number of esters is 2. The maximum Gasteiger partial charge on any atom is 0.311 e. The number of ether oxygens (including phenoxy) is 5. The van der Waals surface area contributed by atoms with Crippen LogP contribution in [0.3, 0.4) is 0 Å². The Balaban J connectivity index is 1.49. The van der Waals surface area contributed by atoms with Crippen LogP contribution in [0.25, 0.3) is 0 Å². The molecule has 0 unspecified atom stereocenters. The first-order chi connectivity index (χ1) is 21.5. The van der Waals surface area contributed by atoms with Crippen molar-refractivity contribution in [2.24, 2.45) is 23.7 Å². The molecule has 0 aliphatic carbocycles. The van der Waals surface area contributed by atoms with E-state index in [4.69, 9.17) is 23.7 Å². The van der Waals surface area contributed by atoms with Gasteiger partial charge in [0.1, 0.15) is 12.2 Å². The molecule has 4 heterocycles. The van der Waals surface area contributed by atoms with E-state index in [2.05, 4.69) is 46.7 Å². The Labute approximate surface area is 274 Å². The number of cyclic esters (lactones) is 2. The smallest absolute Gasteiger partial charge is 0.311 e. The molecule has 4 bridgehead atoms. The van der Waals surface area contributed by atoms with E-state index in [0.29, 0.717) is 12.5 Å². The standard InChI is InChI=1S/C37H65NO7/c1-9-11-12-14-27(38(7)8)21-29-15-17-31(41-29)23(3)35-24(4)32-19-20-34(44-32)26(6)36(39)43-28(13-10-2)22-30-16-18-33(42-30)25(5)37(40)45-35/h23-35H,9-22H2,1-8H3/t23-,24-,25-,26+,27+,28-,29-,30+,31+,32-,33-,34-,35-/m0/s1. The zero-order valence-corrected chi connectivity index (χ0v) is 29.7. The molecule has 0 aromatic rings. The molecule has 0 amide bonds. The van der Waals surface area contributed by atoms with Gasteiger partial charge in [-0.2, -0.15) is 0 Å². The lowest BCUT2D eigenvalue weighted by atomic mass is 9.84. The highest BCUT2D eigenvalue weighted by atomic mass is 16.6. The van der Waals surface area contributed by atoms with Crippen LogP contribution in [0.15, 0.2) is 0 Å². The third-order valence-corrected chi connectivity index (χ3v) is 11.5. The van der Waals surface area contributed by atoms with E-state index in [-0.39, 0.29) is 84.4 Å². The second-order valence-corrected chi connectivity index (χ2v) is 15.2. The van der Waals surface area contributed by atoms with E-state index in [1.807, 2.05) is 13.8 Å². The van der Waals surface area contributed by atoms with Crippen molar-refractivity contribution in [2.75, 3.05) is 14.1 Å². The Bertz CT molecular complexity index is 928. The van der Waals surface area contributed by atoms with Gasteiger partial charge >= 0.3 is 11.9 Å². The topological polar surface area (TPSA) is 83.5 Å². The summed E-state index contributed by atoms with van der Waals surface area (Å²) in [6, 6.07) is 0.515. The van der Waals surface area contributed by atoms with Crippen molar-refractivity contribution in [3.8, 4) is 0 Å². The third kappa shape index (κ3) is 9.67. The van der Waals surface area contributed by atoms with Crippen LogP contribution in [0.4, 0.5) is 0 Å². The van der Waals surface area contributed by atoms with Gasteiger partial charge in [-0.1, -0.05) is 53.4 Å². The van der Waals surface area contributed by atoms with Gasteiger partial charge in [0, 0.05) is 24.3 Å². The van der Waals surface area contributed by atoms with Crippen molar-refractivity contribution in [3.63, 3.8) is 0 Å². The maximum absolute atomic E-state index is 13.8. The molecule has 45 heavy (non-hydrogen) atoms. The quantitative estimate of drug-likeness (QED) is 0.176. The Kier molecular flexibility index (Phi) is 14.0. The average molecular weight is 636 g/mol. The van der Waals surface area contributed by atoms with E-state index in [1.165, 1.54) is 25.7 Å². The Hall–Kier alpha value is -1.22. The molecule has 0 aromatic heterocycles. The van der Waals surface area contributed by atoms with Crippen LogP contribution in [0.5, 0.6) is 0 Å². The van der Waals surface area contributed by atoms with Gasteiger partial charge in [0.2, 0.25) is 0 Å². The molecular weight excluding hydrogens is 570 g/mol. The predicted octanol–water partition coefficient (Wildman–Crippen LogP) is 7.10. The number of carbonyl (C=O) groups excluding carboxylic acids is 2. The summed E-state index contributed by atoms with van der Waals surface area (Å²) in [5.74, 6) is -1.08. The summed E-state index contributed by atoms with van der Waals surface area (Å²) >= 11 is 0. The zero-order chi connectivity index (χ0) is 32.7. The number of hydrogen-bond donors (Lipinski definition) is 0. The molecule has 4 fully saturated rings. The molecule has 4 saturated heterocycles. The molecule has 0 N–H and O–H groups in total. The SMILES string of the molecule is CCCCC[C@H](C[C@@H]1CC[C@H]([C@H](C)[C@@H]2OC(=O)[C@@H](C)[C@@H]3CC[C@H](C[C@H](CCC)OC(=O)[C@H](C)[C@@H]4CC[C@H](O4)[C@@H]2C)O3)O1)N(C)C. The number of carbonyl (C=O) groups is 2. The molecule has 0 aromatic carbocycles. The van der Waals surface area contributed by atoms with Gasteiger partial charge in [-0.15, -0.1) is 0 Å². The number of rotatable bonds is 11. The zero-order valence-electron chi connectivity index (χ0n) is 29.7. The lowest BCUT2D eigenvalue weighted by Gasteiger charge is -2.36. The first-order valence-electron chi connectivity index (χ1n) is 18.6. The summed E-state index contributed by atoms with van der Waals surface area (Å²) in [5.41, 5.74) is 0. The molecule has 0 radical (unpaired) electrons. The van der Waals surface area contributed by atoms with E-state index in [1.54, 1.807) is 0 Å². The van der Waals surface area contributed by atoms with Gasteiger partial charge < -0.3 is 28.6 Å². The van der Waals surface area contributed by atoms with Crippen molar-refractivity contribution >= 4 is 11.9 Å². The monoisotopic (exact) mass is 635 g/mol. The summed E-state index contributed by atoms with van der Waals surface area (Å²) in [5, 5.41) is 0. The van der Waals surface area contributed by atoms with Crippen LogP contribution < -0.4 is 0 Å². The highest BCUT2D eigenvalue weighted by Gasteiger charge is 2.46. The van der Waals surface area contributed by atoms with E-state index in [0.717, 1.165) is 57.8 Å². The van der Waals surface area contributed by atoms with E-state index >= 15 is 0 Å². The van der Waals surface area contributed by atoms with Gasteiger partial charge in [0.05, 0.1) is 48.5 Å². The molecule has 0 spiro atoms. The van der Waals surface area contributed by atoms with Gasteiger partial charge in [-0.05, 0) is 85.7 Å². The van der Waals surface area contributed by atoms with Crippen LogP contribution in [0.1, 0.15) is 131 Å². The van der Waals surface area contributed by atoms with Crippen LogP contribution >= 0.6 is 0 Å². The van der Waals surface area contributed by atoms with Crippen molar-refractivity contribution in [1.29, 1.82) is 0 Å². The predicted molar refractivity (Wildman–Crippen MR) is 176 cm³/mol. The minimum atomic E-state index is -0.365. The molecule has 4 aliphatic rings. The molecular formula is C37H65NO7. The first kappa shape index (κ1) is 36.6. The summed E-state index contributed by atoms with van der Waals surface area (Å²) in [7, 11) is 4.37. The minimum absolute atomic E-state index is 0.0182. The van der Waals surface area contributed by atoms with E-state index < -0.39 is 0 Å². The largest absolute Gasteiger partial charge is 0.462 e. The molecule has 13 atom stereocenters. The van der Waals surface area contributed by atoms with Gasteiger partial charge in [-0.3, -0.25) is 9.59 Å². The van der Waals surface area contributed by atoms with Crippen LogP contribution in [0.2, 0.25) is 0 Å². The third-order valence-electron chi connectivity index (χ3n) is 11.5. The second-order valence-electron chi connectivity index (χ2n) is 15.2. The van der Waals surface area contributed by atoms with Crippen LogP contribution in [0, 0.1) is 23.7 Å².